The normalized spacial score (nSPS) is 12.2. The van der Waals surface area contributed by atoms with E-state index in [-0.39, 0.29) is 17.0 Å². The number of carbonyl (C=O) groups excluding carboxylic acids is 1. The molecular formula is C28H27ClF3NO4. The number of rotatable bonds is 9. The number of hydrogen-bond acceptors (Lipinski definition) is 3. The van der Waals surface area contributed by atoms with Crippen molar-refractivity contribution in [2.24, 2.45) is 0 Å². The highest BCUT2D eigenvalue weighted by atomic mass is 35.5. The van der Waals surface area contributed by atoms with Gasteiger partial charge in [-0.2, -0.15) is 13.2 Å². The van der Waals surface area contributed by atoms with Gasteiger partial charge in [-0.25, -0.2) is 0 Å². The van der Waals surface area contributed by atoms with Gasteiger partial charge in [0.2, 0.25) is 0 Å². The average Bonchev–Trinajstić information content (AvgIpc) is 2.81. The summed E-state index contributed by atoms with van der Waals surface area (Å²) in [6.07, 6.45) is -3.34. The molecular weight excluding hydrogens is 507 g/mol. The Bertz CT molecular complexity index is 1310. The Balaban J connectivity index is 1.76. The first-order valence-electron chi connectivity index (χ1n) is 11.7. The molecule has 0 aliphatic rings. The zero-order chi connectivity index (χ0) is 27.3. The van der Waals surface area contributed by atoms with E-state index in [1.165, 1.54) is 0 Å². The predicted octanol–water partition coefficient (Wildman–Crippen LogP) is 7.53. The van der Waals surface area contributed by atoms with Gasteiger partial charge in [0.25, 0.3) is 5.91 Å². The van der Waals surface area contributed by atoms with Gasteiger partial charge < -0.3 is 15.2 Å². The number of alkyl halides is 3. The molecule has 0 aliphatic heterocycles. The van der Waals surface area contributed by atoms with E-state index in [0.717, 1.165) is 46.9 Å². The number of aryl methyl sites for hydroxylation is 3. The van der Waals surface area contributed by atoms with Crippen molar-refractivity contribution in [2.45, 2.75) is 52.3 Å². The first-order chi connectivity index (χ1) is 17.4. The topological polar surface area (TPSA) is 75.6 Å². The lowest BCUT2D eigenvalue weighted by Gasteiger charge is -2.18. The Morgan fingerprint density at radius 1 is 1.03 bits per heavy atom. The van der Waals surface area contributed by atoms with Crippen molar-refractivity contribution in [2.75, 3.05) is 0 Å². The van der Waals surface area contributed by atoms with E-state index in [0.29, 0.717) is 17.9 Å². The number of amides is 1. The summed E-state index contributed by atoms with van der Waals surface area (Å²) in [7, 11) is 0. The fraction of sp³-hybridized carbons (Fsp3) is 0.286. The van der Waals surface area contributed by atoms with Crippen molar-refractivity contribution in [3.05, 3.63) is 93.0 Å². The fourth-order valence-corrected chi connectivity index (χ4v) is 4.20. The van der Waals surface area contributed by atoms with Crippen LogP contribution in [0.5, 0.6) is 11.5 Å². The maximum atomic E-state index is 12.9. The van der Waals surface area contributed by atoms with Crippen LogP contribution in [0.4, 0.5) is 13.2 Å². The molecule has 3 aromatic rings. The number of carboxylic acids is 1. The second-order valence-electron chi connectivity index (χ2n) is 8.75. The fourth-order valence-electron chi connectivity index (χ4n) is 3.94. The maximum absolute atomic E-state index is 12.9. The van der Waals surface area contributed by atoms with Crippen molar-refractivity contribution in [3.63, 3.8) is 0 Å². The molecule has 0 heterocycles. The summed E-state index contributed by atoms with van der Waals surface area (Å²) in [5.74, 6) is -0.305. The highest BCUT2D eigenvalue weighted by Gasteiger charge is 2.31. The van der Waals surface area contributed by atoms with E-state index >= 15 is 0 Å². The lowest BCUT2D eigenvalue weighted by Crippen LogP contribution is -2.27. The van der Waals surface area contributed by atoms with Gasteiger partial charge in [0.1, 0.15) is 11.5 Å². The van der Waals surface area contributed by atoms with Gasteiger partial charge >= 0.3 is 12.1 Å². The highest BCUT2D eigenvalue weighted by molar-refractivity contribution is 6.33. The number of halogens is 4. The number of aliphatic carboxylic acids is 1. The number of ether oxygens (including phenoxy) is 1. The number of carbonyl (C=O) groups is 2. The third-order valence-electron chi connectivity index (χ3n) is 5.86. The van der Waals surface area contributed by atoms with Gasteiger partial charge in [-0.3, -0.25) is 9.59 Å². The third-order valence-corrected chi connectivity index (χ3v) is 6.18. The summed E-state index contributed by atoms with van der Waals surface area (Å²) in [6.45, 7) is 5.62. The molecule has 1 amide bonds. The molecule has 9 heteroatoms. The lowest BCUT2D eigenvalue weighted by atomic mass is 10.0. The maximum Gasteiger partial charge on any atom is 0.416 e. The summed E-state index contributed by atoms with van der Waals surface area (Å²) < 4.78 is 44.8. The van der Waals surface area contributed by atoms with Gasteiger partial charge in [-0.05, 0) is 91.4 Å². The molecule has 0 fully saturated rings. The van der Waals surface area contributed by atoms with E-state index in [1.54, 1.807) is 19.1 Å². The standard InChI is InChI=1S/C28H27ClF3NO4/c1-4-18-13-22(8-5-19(18)6-10-26(34)35)37-23-12-16(2)11-20(14-23)17(3)33-27(36)24-9-7-21(15-25(24)29)28(30,31)32/h5,7-9,11-15,17H,4,6,10H2,1-3H3,(H,33,36)(H,34,35)/t17-/m1/s1. The van der Waals surface area contributed by atoms with Crippen LogP contribution in [0.2, 0.25) is 5.02 Å². The first kappa shape index (κ1) is 28.1. The second-order valence-corrected chi connectivity index (χ2v) is 9.15. The zero-order valence-electron chi connectivity index (χ0n) is 20.6. The predicted molar refractivity (Wildman–Crippen MR) is 135 cm³/mol. The Hall–Kier alpha value is -3.52. The van der Waals surface area contributed by atoms with Crippen LogP contribution in [-0.2, 0) is 23.8 Å². The van der Waals surface area contributed by atoms with E-state index in [4.69, 9.17) is 21.4 Å². The van der Waals surface area contributed by atoms with Crippen molar-refractivity contribution in [3.8, 4) is 11.5 Å². The Kier molecular flexibility index (Phi) is 8.86. The summed E-state index contributed by atoms with van der Waals surface area (Å²) in [6, 6.07) is 13.2. The molecule has 0 aliphatic carbocycles. The highest BCUT2D eigenvalue weighted by Crippen LogP contribution is 2.33. The van der Waals surface area contributed by atoms with E-state index in [1.807, 2.05) is 38.1 Å². The lowest BCUT2D eigenvalue weighted by molar-refractivity contribution is -0.138. The summed E-state index contributed by atoms with van der Waals surface area (Å²) in [5.41, 5.74) is 2.60. The minimum absolute atomic E-state index is 0.0513. The third kappa shape index (κ3) is 7.49. The Labute approximate surface area is 218 Å². The minimum Gasteiger partial charge on any atom is -0.481 e. The molecule has 0 saturated carbocycles. The van der Waals surface area contributed by atoms with Crippen LogP contribution in [0.1, 0.15) is 64.5 Å². The molecule has 0 radical (unpaired) electrons. The number of nitrogens with one attached hydrogen (secondary N) is 1. The molecule has 5 nitrogen and oxygen atoms in total. The molecule has 3 rings (SSSR count). The number of carboxylic acid groups (broad SMARTS) is 1. The van der Waals surface area contributed by atoms with Crippen LogP contribution in [0.25, 0.3) is 0 Å². The van der Waals surface area contributed by atoms with E-state index in [9.17, 15) is 22.8 Å². The van der Waals surface area contributed by atoms with Crippen LogP contribution >= 0.6 is 11.6 Å². The van der Waals surface area contributed by atoms with Crippen molar-refractivity contribution >= 4 is 23.5 Å². The SMILES string of the molecule is CCc1cc(Oc2cc(C)cc([C@@H](C)NC(=O)c3ccc(C(F)(F)F)cc3Cl)c2)ccc1CCC(=O)O. The summed E-state index contributed by atoms with van der Waals surface area (Å²) in [5, 5.41) is 11.4. The van der Waals surface area contributed by atoms with Gasteiger partial charge in [-0.15, -0.1) is 0 Å². The van der Waals surface area contributed by atoms with Crippen molar-refractivity contribution < 1.29 is 32.6 Å². The van der Waals surface area contributed by atoms with Gasteiger partial charge in [0, 0.05) is 6.42 Å². The molecule has 2 N–H and O–H groups in total. The second kappa shape index (κ2) is 11.7. The minimum atomic E-state index is -4.55. The average molecular weight is 534 g/mol. The molecule has 0 bridgehead atoms. The number of benzene rings is 3. The van der Waals surface area contributed by atoms with Gasteiger partial charge in [0.05, 0.1) is 22.2 Å². The molecule has 196 valence electrons. The summed E-state index contributed by atoms with van der Waals surface area (Å²) >= 11 is 5.96. The van der Waals surface area contributed by atoms with Crippen LogP contribution in [0.15, 0.2) is 54.6 Å². The summed E-state index contributed by atoms with van der Waals surface area (Å²) in [4.78, 5) is 23.6. The molecule has 0 aromatic heterocycles. The van der Waals surface area contributed by atoms with Crippen molar-refractivity contribution in [1.82, 2.24) is 5.32 Å². The van der Waals surface area contributed by atoms with Crippen LogP contribution < -0.4 is 10.1 Å². The Morgan fingerprint density at radius 3 is 2.38 bits per heavy atom. The molecule has 3 aromatic carbocycles. The Morgan fingerprint density at radius 2 is 1.76 bits per heavy atom. The van der Waals surface area contributed by atoms with Crippen LogP contribution in [0.3, 0.4) is 0 Å². The molecule has 1 atom stereocenters. The van der Waals surface area contributed by atoms with Crippen molar-refractivity contribution in [1.29, 1.82) is 0 Å². The quantitative estimate of drug-likeness (QED) is 0.298. The molecule has 0 saturated heterocycles. The number of hydrogen-bond donors (Lipinski definition) is 2. The smallest absolute Gasteiger partial charge is 0.416 e. The van der Waals surface area contributed by atoms with Gasteiger partial charge in [0.15, 0.2) is 0 Å². The zero-order valence-corrected chi connectivity index (χ0v) is 21.3. The molecule has 0 spiro atoms. The largest absolute Gasteiger partial charge is 0.481 e. The van der Waals surface area contributed by atoms with E-state index in [2.05, 4.69) is 5.32 Å². The molecule has 0 unspecified atom stereocenters. The monoisotopic (exact) mass is 533 g/mol. The molecule has 37 heavy (non-hydrogen) atoms. The van der Waals surface area contributed by atoms with Crippen LogP contribution in [-0.4, -0.2) is 17.0 Å². The first-order valence-corrected chi connectivity index (χ1v) is 12.1. The van der Waals surface area contributed by atoms with Crippen LogP contribution in [0, 0.1) is 6.92 Å². The van der Waals surface area contributed by atoms with Gasteiger partial charge in [-0.1, -0.05) is 30.7 Å². The van der Waals surface area contributed by atoms with E-state index < -0.39 is 29.7 Å².